The number of nitriles is 1. The number of benzene rings is 3. The highest BCUT2D eigenvalue weighted by Gasteiger charge is 2.19. The summed E-state index contributed by atoms with van der Waals surface area (Å²) in [5, 5.41) is 15.2. The second kappa shape index (κ2) is 9.83. The molecular formula is C26H22N4O4S. The third-order valence-electron chi connectivity index (χ3n) is 4.71. The van der Waals surface area contributed by atoms with Crippen LogP contribution in [0.25, 0.3) is 10.2 Å². The molecule has 0 aliphatic heterocycles. The Labute approximate surface area is 206 Å². The van der Waals surface area contributed by atoms with E-state index in [0.29, 0.717) is 33.6 Å². The predicted molar refractivity (Wildman–Crippen MR) is 135 cm³/mol. The number of rotatable bonds is 7. The van der Waals surface area contributed by atoms with Gasteiger partial charge in [0, 0.05) is 30.3 Å². The fraction of sp³-hybridized carbons (Fsp3) is 0.154. The number of hydrogen-bond donors (Lipinski definition) is 2. The lowest BCUT2D eigenvalue weighted by Gasteiger charge is -2.18. The number of amides is 2. The summed E-state index contributed by atoms with van der Waals surface area (Å²) in [6.45, 7) is 4.74. The standard InChI is InChI=1S/C26H22N4O4S/c1-16(31)28-25-30-22-11-10-20(14-23(22)35-25)33-19-8-5-7-18(13-19)29-24(32)17-6-4-9-21(12-17)34-26(2,3)15-27/h4-14H,1-3H3,(H,29,32)(H,28,30,31). The number of hydrogen-bond acceptors (Lipinski definition) is 7. The van der Waals surface area contributed by atoms with Gasteiger partial charge in [0.1, 0.15) is 23.3 Å². The van der Waals surface area contributed by atoms with Crippen molar-refractivity contribution in [3.05, 3.63) is 72.3 Å². The van der Waals surface area contributed by atoms with E-state index in [0.717, 1.165) is 10.2 Å². The largest absolute Gasteiger partial charge is 0.473 e. The Bertz CT molecular complexity index is 1460. The first-order valence-electron chi connectivity index (χ1n) is 10.7. The second-order valence-electron chi connectivity index (χ2n) is 8.17. The average molecular weight is 487 g/mol. The molecule has 4 aromatic rings. The Morgan fingerprint density at radius 3 is 2.49 bits per heavy atom. The third kappa shape index (κ3) is 6.13. The second-order valence-corrected chi connectivity index (χ2v) is 9.20. The van der Waals surface area contributed by atoms with Crippen molar-refractivity contribution in [2.24, 2.45) is 0 Å². The summed E-state index contributed by atoms with van der Waals surface area (Å²) >= 11 is 1.36. The lowest BCUT2D eigenvalue weighted by atomic mass is 10.1. The minimum Gasteiger partial charge on any atom is -0.473 e. The van der Waals surface area contributed by atoms with E-state index in [1.807, 2.05) is 12.1 Å². The van der Waals surface area contributed by atoms with Crippen molar-refractivity contribution in [1.29, 1.82) is 5.26 Å². The molecule has 8 nitrogen and oxygen atoms in total. The Morgan fingerprint density at radius 1 is 0.971 bits per heavy atom. The molecule has 0 saturated heterocycles. The smallest absolute Gasteiger partial charge is 0.255 e. The van der Waals surface area contributed by atoms with Crippen LogP contribution in [-0.4, -0.2) is 22.4 Å². The zero-order valence-electron chi connectivity index (χ0n) is 19.3. The van der Waals surface area contributed by atoms with Gasteiger partial charge >= 0.3 is 0 Å². The molecule has 0 aliphatic carbocycles. The number of carbonyl (C=O) groups excluding carboxylic acids is 2. The van der Waals surface area contributed by atoms with Crippen molar-refractivity contribution in [2.75, 3.05) is 10.6 Å². The van der Waals surface area contributed by atoms with E-state index in [1.165, 1.54) is 18.3 Å². The molecule has 0 aliphatic rings. The molecule has 0 unspecified atom stereocenters. The van der Waals surface area contributed by atoms with Crippen molar-refractivity contribution in [3.63, 3.8) is 0 Å². The van der Waals surface area contributed by atoms with Crippen LogP contribution in [0.5, 0.6) is 17.2 Å². The summed E-state index contributed by atoms with van der Waals surface area (Å²) in [5.74, 6) is 1.08. The van der Waals surface area contributed by atoms with Gasteiger partial charge in [-0.1, -0.05) is 23.5 Å². The molecule has 4 rings (SSSR count). The quantitative estimate of drug-likeness (QED) is 0.332. The van der Waals surface area contributed by atoms with Crippen LogP contribution in [0.15, 0.2) is 66.7 Å². The normalized spacial score (nSPS) is 10.9. The van der Waals surface area contributed by atoms with Crippen molar-refractivity contribution >= 4 is 44.2 Å². The Hall–Kier alpha value is -4.42. The fourth-order valence-corrected chi connectivity index (χ4v) is 4.11. The number of carbonyl (C=O) groups is 2. The van der Waals surface area contributed by atoms with Gasteiger partial charge in [0.2, 0.25) is 5.91 Å². The maximum Gasteiger partial charge on any atom is 0.255 e. The van der Waals surface area contributed by atoms with Crippen LogP contribution in [0.2, 0.25) is 0 Å². The summed E-state index contributed by atoms with van der Waals surface area (Å²) in [7, 11) is 0. The summed E-state index contributed by atoms with van der Waals surface area (Å²) in [4.78, 5) is 28.4. The monoisotopic (exact) mass is 486 g/mol. The number of aromatic nitrogens is 1. The predicted octanol–water partition coefficient (Wildman–Crippen LogP) is 5.98. The molecule has 9 heteroatoms. The summed E-state index contributed by atoms with van der Waals surface area (Å²) in [5.41, 5.74) is 0.710. The maximum absolute atomic E-state index is 12.8. The van der Waals surface area contributed by atoms with Gasteiger partial charge in [0.05, 0.1) is 10.2 Å². The Kier molecular flexibility index (Phi) is 6.66. The highest BCUT2D eigenvalue weighted by Crippen LogP contribution is 2.32. The van der Waals surface area contributed by atoms with E-state index in [4.69, 9.17) is 14.7 Å². The van der Waals surface area contributed by atoms with Crippen LogP contribution >= 0.6 is 11.3 Å². The lowest BCUT2D eigenvalue weighted by molar-refractivity contribution is -0.114. The Morgan fingerprint density at radius 2 is 1.71 bits per heavy atom. The van der Waals surface area contributed by atoms with E-state index >= 15 is 0 Å². The molecular weight excluding hydrogens is 464 g/mol. The molecule has 2 N–H and O–H groups in total. The molecule has 0 radical (unpaired) electrons. The summed E-state index contributed by atoms with van der Waals surface area (Å²) < 4.78 is 12.5. The van der Waals surface area contributed by atoms with Crippen molar-refractivity contribution in [2.45, 2.75) is 26.4 Å². The van der Waals surface area contributed by atoms with Gasteiger partial charge in [0.15, 0.2) is 10.7 Å². The Balaban J connectivity index is 1.46. The van der Waals surface area contributed by atoms with Gasteiger partial charge in [-0.25, -0.2) is 4.98 Å². The van der Waals surface area contributed by atoms with Crippen molar-refractivity contribution in [3.8, 4) is 23.3 Å². The molecule has 0 atom stereocenters. The van der Waals surface area contributed by atoms with Gasteiger partial charge in [-0.3, -0.25) is 9.59 Å². The van der Waals surface area contributed by atoms with E-state index in [1.54, 1.807) is 68.4 Å². The number of fused-ring (bicyclic) bond motifs is 1. The molecule has 35 heavy (non-hydrogen) atoms. The molecule has 0 fully saturated rings. The molecule has 0 saturated carbocycles. The highest BCUT2D eigenvalue weighted by molar-refractivity contribution is 7.22. The van der Waals surface area contributed by atoms with Crippen LogP contribution in [0, 0.1) is 11.3 Å². The zero-order chi connectivity index (χ0) is 25.0. The molecule has 1 heterocycles. The van der Waals surface area contributed by atoms with Gasteiger partial charge in [-0.15, -0.1) is 0 Å². The van der Waals surface area contributed by atoms with E-state index in [2.05, 4.69) is 21.7 Å². The van der Waals surface area contributed by atoms with Crippen LogP contribution in [0.3, 0.4) is 0 Å². The van der Waals surface area contributed by atoms with E-state index in [-0.39, 0.29) is 11.8 Å². The van der Waals surface area contributed by atoms with Crippen molar-refractivity contribution in [1.82, 2.24) is 4.98 Å². The van der Waals surface area contributed by atoms with Crippen LogP contribution in [0.4, 0.5) is 10.8 Å². The molecule has 0 bridgehead atoms. The van der Waals surface area contributed by atoms with Crippen LogP contribution in [-0.2, 0) is 4.79 Å². The number of thiazole rings is 1. The first-order valence-corrected chi connectivity index (χ1v) is 11.5. The SMILES string of the molecule is CC(=O)Nc1nc2ccc(Oc3cccc(NC(=O)c4cccc(OC(C)(C)C#N)c4)c3)cc2s1. The third-order valence-corrected chi connectivity index (χ3v) is 5.64. The minimum atomic E-state index is -1.01. The van der Waals surface area contributed by atoms with E-state index in [9.17, 15) is 9.59 Å². The number of anilines is 2. The molecule has 1 aromatic heterocycles. The maximum atomic E-state index is 12.8. The van der Waals surface area contributed by atoms with Crippen LogP contribution < -0.4 is 20.1 Å². The first kappa shape index (κ1) is 23.7. The number of nitrogens with one attached hydrogen (secondary N) is 2. The number of ether oxygens (including phenoxy) is 2. The zero-order valence-corrected chi connectivity index (χ0v) is 20.1. The van der Waals surface area contributed by atoms with Gasteiger partial charge in [-0.05, 0) is 56.3 Å². The molecule has 176 valence electrons. The van der Waals surface area contributed by atoms with Gasteiger partial charge in [0.25, 0.3) is 5.91 Å². The lowest BCUT2D eigenvalue weighted by Crippen LogP contribution is -2.25. The molecule has 0 spiro atoms. The van der Waals surface area contributed by atoms with Crippen molar-refractivity contribution < 1.29 is 19.1 Å². The molecule has 3 aromatic carbocycles. The molecule has 2 amide bonds. The topological polar surface area (TPSA) is 113 Å². The minimum absolute atomic E-state index is 0.176. The summed E-state index contributed by atoms with van der Waals surface area (Å²) in [6, 6.07) is 21.2. The first-order chi connectivity index (χ1) is 16.7. The van der Waals surface area contributed by atoms with Gasteiger partial charge in [-0.2, -0.15) is 5.26 Å². The summed E-state index contributed by atoms with van der Waals surface area (Å²) in [6.07, 6.45) is 0. The average Bonchev–Trinajstić information content (AvgIpc) is 3.20. The fourth-order valence-electron chi connectivity index (χ4n) is 3.17. The van der Waals surface area contributed by atoms with Crippen LogP contribution in [0.1, 0.15) is 31.1 Å². The van der Waals surface area contributed by atoms with Gasteiger partial charge < -0.3 is 20.1 Å². The highest BCUT2D eigenvalue weighted by atomic mass is 32.1. The van der Waals surface area contributed by atoms with E-state index < -0.39 is 5.60 Å². The number of nitrogens with zero attached hydrogens (tertiary/aromatic N) is 2.